The largest absolute Gasteiger partial charge is 0.479 e. The van der Waals surface area contributed by atoms with E-state index >= 15 is 0 Å². The summed E-state index contributed by atoms with van der Waals surface area (Å²) in [7, 11) is 0. The molecule has 0 radical (unpaired) electrons. The highest BCUT2D eigenvalue weighted by atomic mass is 32.1. The van der Waals surface area contributed by atoms with E-state index in [0.717, 1.165) is 19.3 Å². The number of amides is 2. The second kappa shape index (κ2) is 6.93. The third kappa shape index (κ3) is 3.37. The lowest BCUT2D eigenvalue weighted by Gasteiger charge is -2.34. The molecule has 1 aliphatic heterocycles. The number of aliphatic carboxylic acids is 1. The zero-order valence-corrected chi connectivity index (χ0v) is 13.1. The Labute approximate surface area is 129 Å². The second-order valence-corrected chi connectivity index (χ2v) is 6.24. The lowest BCUT2D eigenvalue weighted by Crippen LogP contribution is -2.56. The van der Waals surface area contributed by atoms with E-state index in [-0.39, 0.29) is 6.03 Å². The maximum absolute atomic E-state index is 12.3. The standard InChI is InChI=1S/C15H22N2O3S/c1-2-6-15(13(18)19)7-3-9-17(15)14(20)16-8-4-12-5-10-21-11-12/h5,10-11H,2-4,6-9H2,1H3,(H,16,20)(H,18,19). The van der Waals surface area contributed by atoms with Gasteiger partial charge in [0.15, 0.2) is 0 Å². The third-order valence-electron chi connectivity index (χ3n) is 4.07. The average molecular weight is 310 g/mol. The number of nitrogens with one attached hydrogen (secondary N) is 1. The molecule has 1 saturated heterocycles. The SMILES string of the molecule is CCCC1(C(=O)O)CCCN1C(=O)NCCc1ccsc1. The maximum Gasteiger partial charge on any atom is 0.329 e. The summed E-state index contributed by atoms with van der Waals surface area (Å²) in [5.41, 5.74) is 0.182. The Balaban J connectivity index is 1.95. The topological polar surface area (TPSA) is 69.6 Å². The number of thiophene rings is 1. The number of nitrogens with zero attached hydrogens (tertiary/aromatic N) is 1. The molecule has 6 heteroatoms. The molecule has 1 unspecified atom stereocenters. The Hall–Kier alpha value is -1.56. The minimum absolute atomic E-state index is 0.251. The summed E-state index contributed by atoms with van der Waals surface area (Å²) in [6.07, 6.45) is 3.35. The lowest BCUT2D eigenvalue weighted by molar-refractivity contribution is -0.148. The van der Waals surface area contributed by atoms with E-state index in [1.807, 2.05) is 18.4 Å². The molecule has 2 heterocycles. The molecular formula is C15H22N2O3S. The predicted molar refractivity (Wildman–Crippen MR) is 82.6 cm³/mol. The third-order valence-corrected chi connectivity index (χ3v) is 4.80. The number of rotatable bonds is 6. The number of carboxylic acids is 1. The van der Waals surface area contributed by atoms with Gasteiger partial charge in [0.25, 0.3) is 0 Å². The van der Waals surface area contributed by atoms with Crippen molar-refractivity contribution in [2.24, 2.45) is 0 Å². The summed E-state index contributed by atoms with van der Waals surface area (Å²) in [4.78, 5) is 25.5. The monoisotopic (exact) mass is 310 g/mol. The first-order chi connectivity index (χ1) is 10.1. The Bertz CT molecular complexity index is 489. The molecule has 1 aromatic rings. The summed E-state index contributed by atoms with van der Waals surface area (Å²) >= 11 is 1.63. The number of likely N-dealkylation sites (tertiary alicyclic amines) is 1. The highest BCUT2D eigenvalue weighted by molar-refractivity contribution is 7.07. The molecule has 0 aromatic carbocycles. The highest BCUT2D eigenvalue weighted by Gasteiger charge is 2.49. The minimum atomic E-state index is -1.01. The van der Waals surface area contributed by atoms with Crippen LogP contribution in [0.25, 0.3) is 0 Å². The van der Waals surface area contributed by atoms with Crippen molar-refractivity contribution >= 4 is 23.3 Å². The highest BCUT2D eigenvalue weighted by Crippen LogP contribution is 2.34. The van der Waals surface area contributed by atoms with E-state index in [4.69, 9.17) is 0 Å². The molecule has 5 nitrogen and oxygen atoms in total. The van der Waals surface area contributed by atoms with Crippen molar-refractivity contribution in [3.8, 4) is 0 Å². The van der Waals surface area contributed by atoms with Crippen LogP contribution in [0, 0.1) is 0 Å². The fourth-order valence-electron chi connectivity index (χ4n) is 3.02. The summed E-state index contributed by atoms with van der Waals surface area (Å²) in [6, 6.07) is 1.78. The molecule has 1 fully saturated rings. The fraction of sp³-hybridized carbons (Fsp3) is 0.600. The van der Waals surface area contributed by atoms with Gasteiger partial charge in [-0.2, -0.15) is 11.3 Å². The molecule has 2 rings (SSSR count). The van der Waals surface area contributed by atoms with E-state index < -0.39 is 11.5 Å². The fourth-order valence-corrected chi connectivity index (χ4v) is 3.72. The quantitative estimate of drug-likeness (QED) is 0.849. The Morgan fingerprint density at radius 3 is 2.95 bits per heavy atom. The Morgan fingerprint density at radius 1 is 1.52 bits per heavy atom. The van der Waals surface area contributed by atoms with E-state index in [9.17, 15) is 14.7 Å². The Kier molecular flexibility index (Phi) is 5.22. The van der Waals surface area contributed by atoms with E-state index in [0.29, 0.717) is 25.9 Å². The van der Waals surface area contributed by atoms with Crippen LogP contribution in [0.2, 0.25) is 0 Å². The van der Waals surface area contributed by atoms with Gasteiger partial charge in [-0.05, 0) is 48.1 Å². The van der Waals surface area contributed by atoms with Gasteiger partial charge in [-0.1, -0.05) is 13.3 Å². The maximum atomic E-state index is 12.3. The number of carbonyl (C=O) groups excluding carboxylic acids is 1. The predicted octanol–water partition coefficient (Wildman–Crippen LogP) is 2.72. The van der Waals surface area contributed by atoms with Crippen molar-refractivity contribution in [2.75, 3.05) is 13.1 Å². The summed E-state index contributed by atoms with van der Waals surface area (Å²) in [5.74, 6) is -0.880. The van der Waals surface area contributed by atoms with Crippen LogP contribution in [0.5, 0.6) is 0 Å². The van der Waals surface area contributed by atoms with Gasteiger partial charge in [0, 0.05) is 13.1 Å². The van der Waals surface area contributed by atoms with Gasteiger partial charge < -0.3 is 15.3 Å². The van der Waals surface area contributed by atoms with Crippen molar-refractivity contribution in [1.29, 1.82) is 0 Å². The van der Waals surface area contributed by atoms with Crippen LogP contribution < -0.4 is 5.32 Å². The molecule has 0 bridgehead atoms. The van der Waals surface area contributed by atoms with Crippen LogP contribution in [0.3, 0.4) is 0 Å². The van der Waals surface area contributed by atoms with Crippen molar-refractivity contribution < 1.29 is 14.7 Å². The number of carboxylic acid groups (broad SMARTS) is 1. The summed E-state index contributed by atoms with van der Waals surface area (Å²) in [5, 5.41) is 16.5. The molecule has 0 aliphatic carbocycles. The van der Waals surface area contributed by atoms with Crippen LogP contribution in [0.4, 0.5) is 4.79 Å². The van der Waals surface area contributed by atoms with Gasteiger partial charge in [0.05, 0.1) is 0 Å². The van der Waals surface area contributed by atoms with Gasteiger partial charge in [0.1, 0.15) is 5.54 Å². The van der Waals surface area contributed by atoms with Crippen LogP contribution in [-0.2, 0) is 11.2 Å². The van der Waals surface area contributed by atoms with E-state index in [2.05, 4.69) is 10.7 Å². The van der Waals surface area contributed by atoms with Crippen LogP contribution in [-0.4, -0.2) is 40.6 Å². The van der Waals surface area contributed by atoms with Gasteiger partial charge in [-0.25, -0.2) is 9.59 Å². The van der Waals surface area contributed by atoms with Crippen LogP contribution in [0.1, 0.15) is 38.2 Å². The van der Waals surface area contributed by atoms with Crippen LogP contribution >= 0.6 is 11.3 Å². The van der Waals surface area contributed by atoms with Crippen LogP contribution in [0.15, 0.2) is 16.8 Å². The Morgan fingerprint density at radius 2 is 2.33 bits per heavy atom. The number of hydrogen-bond acceptors (Lipinski definition) is 3. The first-order valence-corrected chi connectivity index (χ1v) is 8.34. The number of hydrogen-bond donors (Lipinski definition) is 2. The molecule has 1 aromatic heterocycles. The molecule has 1 aliphatic rings. The molecule has 2 amide bonds. The second-order valence-electron chi connectivity index (χ2n) is 5.46. The van der Waals surface area contributed by atoms with Gasteiger partial charge in [-0.3, -0.25) is 0 Å². The smallest absolute Gasteiger partial charge is 0.329 e. The molecule has 116 valence electrons. The van der Waals surface area contributed by atoms with Crippen molar-refractivity contribution in [3.63, 3.8) is 0 Å². The minimum Gasteiger partial charge on any atom is -0.479 e. The van der Waals surface area contributed by atoms with E-state index in [1.165, 1.54) is 10.5 Å². The van der Waals surface area contributed by atoms with Gasteiger partial charge in [0.2, 0.25) is 0 Å². The molecule has 21 heavy (non-hydrogen) atoms. The molecular weight excluding hydrogens is 288 g/mol. The molecule has 0 spiro atoms. The first-order valence-electron chi connectivity index (χ1n) is 7.40. The van der Waals surface area contributed by atoms with Gasteiger partial charge >= 0.3 is 12.0 Å². The lowest BCUT2D eigenvalue weighted by atomic mass is 9.91. The first kappa shape index (κ1) is 15.8. The van der Waals surface area contributed by atoms with Crippen molar-refractivity contribution in [2.45, 2.75) is 44.6 Å². The molecule has 0 saturated carbocycles. The van der Waals surface area contributed by atoms with E-state index in [1.54, 1.807) is 11.3 Å². The number of carbonyl (C=O) groups is 2. The number of urea groups is 1. The van der Waals surface area contributed by atoms with Crippen molar-refractivity contribution in [3.05, 3.63) is 22.4 Å². The normalized spacial score (nSPS) is 21.5. The molecule has 1 atom stereocenters. The zero-order valence-electron chi connectivity index (χ0n) is 12.3. The summed E-state index contributed by atoms with van der Waals surface area (Å²) < 4.78 is 0. The van der Waals surface area contributed by atoms with Crippen molar-refractivity contribution in [1.82, 2.24) is 10.2 Å². The molecule has 2 N–H and O–H groups in total. The van der Waals surface area contributed by atoms with Gasteiger partial charge in [-0.15, -0.1) is 0 Å². The average Bonchev–Trinajstić information content (AvgIpc) is 3.08. The summed E-state index contributed by atoms with van der Waals surface area (Å²) in [6.45, 7) is 3.01. The zero-order chi connectivity index (χ0) is 15.3.